The van der Waals surface area contributed by atoms with Crippen molar-refractivity contribution < 1.29 is 18.7 Å². The number of aromatic nitrogens is 3. The van der Waals surface area contributed by atoms with E-state index in [9.17, 15) is 9.59 Å². The Hall–Kier alpha value is -3.64. The Bertz CT molecular complexity index is 1280. The first-order valence-electron chi connectivity index (χ1n) is 11.8. The second kappa shape index (κ2) is 11.2. The highest BCUT2D eigenvalue weighted by Gasteiger charge is 2.46. The van der Waals surface area contributed by atoms with Crippen molar-refractivity contribution in [1.82, 2.24) is 19.7 Å². The summed E-state index contributed by atoms with van der Waals surface area (Å²) in [6.45, 7) is 7.17. The minimum absolute atomic E-state index is 0.0265. The zero-order chi connectivity index (χ0) is 26.6. The third-order valence-electron chi connectivity index (χ3n) is 6.68. The molecule has 0 aliphatic carbocycles. The first-order valence-corrected chi connectivity index (χ1v) is 12.7. The van der Waals surface area contributed by atoms with Crippen LogP contribution in [0.2, 0.25) is 0 Å². The number of benzene rings is 1. The summed E-state index contributed by atoms with van der Waals surface area (Å²) in [6.07, 6.45) is -0.0101. The fourth-order valence-corrected chi connectivity index (χ4v) is 5.25. The molecule has 1 saturated heterocycles. The van der Waals surface area contributed by atoms with Crippen molar-refractivity contribution in [3.8, 4) is 11.3 Å². The van der Waals surface area contributed by atoms with Gasteiger partial charge in [-0.3, -0.25) is 19.7 Å². The minimum atomic E-state index is -1.33. The third-order valence-corrected chi connectivity index (χ3v) is 7.46. The molecule has 1 aliphatic heterocycles. The van der Waals surface area contributed by atoms with Gasteiger partial charge in [0.2, 0.25) is 0 Å². The van der Waals surface area contributed by atoms with Gasteiger partial charge in [0.25, 0.3) is 5.91 Å². The molecule has 37 heavy (non-hydrogen) atoms. The highest BCUT2D eigenvalue weighted by atomic mass is 32.1. The summed E-state index contributed by atoms with van der Waals surface area (Å²) in [4.78, 5) is 34.2. The zero-order valence-corrected chi connectivity index (χ0v) is 21.6. The van der Waals surface area contributed by atoms with Gasteiger partial charge >= 0.3 is 6.09 Å². The Morgan fingerprint density at radius 1 is 1.38 bits per heavy atom. The fraction of sp³-hybridized carbons (Fsp3) is 0.400. The molecule has 196 valence electrons. The number of ether oxygens (including phenoxy) is 1. The van der Waals surface area contributed by atoms with E-state index < -0.39 is 23.7 Å². The van der Waals surface area contributed by atoms with E-state index >= 15 is 4.39 Å². The lowest BCUT2D eigenvalue weighted by Gasteiger charge is -2.44. The molecule has 1 aliphatic rings. The van der Waals surface area contributed by atoms with Crippen LogP contribution in [-0.2, 0) is 16.8 Å². The maximum atomic E-state index is 16.0. The van der Waals surface area contributed by atoms with E-state index in [0.717, 1.165) is 21.8 Å². The van der Waals surface area contributed by atoms with Gasteiger partial charge in [0.05, 0.1) is 23.4 Å². The van der Waals surface area contributed by atoms with Gasteiger partial charge in [-0.1, -0.05) is 24.3 Å². The smallest absolute Gasteiger partial charge is 0.412 e. The molecule has 3 aromatic rings. The maximum Gasteiger partial charge on any atom is 0.412 e. The molecule has 0 bridgehead atoms. The van der Waals surface area contributed by atoms with E-state index in [1.807, 2.05) is 36.6 Å². The molecular weight excluding hydrogens is 497 g/mol. The van der Waals surface area contributed by atoms with Crippen molar-refractivity contribution in [2.24, 2.45) is 10.7 Å². The monoisotopic (exact) mass is 527 g/mol. The molecule has 2 aromatic heterocycles. The number of thiazole rings is 1. The van der Waals surface area contributed by atoms with E-state index in [1.165, 1.54) is 18.0 Å². The summed E-state index contributed by atoms with van der Waals surface area (Å²) in [5.41, 5.74) is 7.46. The number of aryl methyl sites for hydroxylation is 1. The van der Waals surface area contributed by atoms with Crippen LogP contribution >= 0.6 is 11.3 Å². The second-order valence-corrected chi connectivity index (χ2v) is 10.1. The van der Waals surface area contributed by atoms with Gasteiger partial charge in [-0.15, -0.1) is 11.3 Å². The lowest BCUT2D eigenvalue weighted by atomic mass is 9.82. The standard InChI is InChI=1S/C25H30FN7O3S/c1-16-29-20(15-37-16)18-6-4-17(5-7-18)12-32-11-9-25(8-10-28-2,21(26)14-32)33-13-19(22(27)34)23(31-33)30-24(35)36-3/h4-7,13,15,21H,2,8-12,14H2,1,3H3,(H2,27,34)(H,30,31,35). The van der Waals surface area contributed by atoms with Crippen molar-refractivity contribution in [3.63, 3.8) is 0 Å². The van der Waals surface area contributed by atoms with Crippen molar-refractivity contribution in [2.75, 3.05) is 32.1 Å². The highest BCUT2D eigenvalue weighted by Crippen LogP contribution is 2.37. The Balaban J connectivity index is 1.52. The molecule has 4 rings (SSSR count). The van der Waals surface area contributed by atoms with Crippen molar-refractivity contribution in [2.45, 2.75) is 38.0 Å². The van der Waals surface area contributed by atoms with Gasteiger partial charge in [0, 0.05) is 43.3 Å². The summed E-state index contributed by atoms with van der Waals surface area (Å²) >= 11 is 1.61. The third kappa shape index (κ3) is 5.70. The Kier molecular flexibility index (Phi) is 7.98. The zero-order valence-electron chi connectivity index (χ0n) is 20.8. The van der Waals surface area contributed by atoms with Crippen LogP contribution in [0.15, 0.2) is 40.8 Å². The van der Waals surface area contributed by atoms with E-state index in [0.29, 0.717) is 32.5 Å². The summed E-state index contributed by atoms with van der Waals surface area (Å²) in [7, 11) is 1.19. The number of piperidine rings is 1. The number of nitrogens with one attached hydrogen (secondary N) is 1. The van der Waals surface area contributed by atoms with E-state index in [-0.39, 0.29) is 17.9 Å². The van der Waals surface area contributed by atoms with Crippen LogP contribution in [0.5, 0.6) is 0 Å². The van der Waals surface area contributed by atoms with Crippen molar-refractivity contribution in [3.05, 3.63) is 52.0 Å². The van der Waals surface area contributed by atoms with Crippen molar-refractivity contribution >= 4 is 35.9 Å². The molecule has 1 aromatic carbocycles. The van der Waals surface area contributed by atoms with Crippen LogP contribution in [0.4, 0.5) is 15.0 Å². The van der Waals surface area contributed by atoms with E-state index in [1.54, 1.807) is 11.3 Å². The highest BCUT2D eigenvalue weighted by molar-refractivity contribution is 7.09. The first-order chi connectivity index (χ1) is 17.8. The van der Waals surface area contributed by atoms with E-state index in [4.69, 9.17) is 5.73 Å². The quantitative estimate of drug-likeness (QED) is 0.409. The number of aliphatic imine (C=N–C) groups is 1. The number of nitrogens with zero attached hydrogens (tertiary/aromatic N) is 5. The fourth-order valence-electron chi connectivity index (χ4n) is 4.62. The molecule has 2 amide bonds. The molecule has 0 spiro atoms. The molecule has 0 radical (unpaired) electrons. The number of primary amides is 1. The number of hydrogen-bond acceptors (Lipinski definition) is 8. The summed E-state index contributed by atoms with van der Waals surface area (Å²) in [5, 5.41) is 9.78. The molecule has 3 heterocycles. The minimum Gasteiger partial charge on any atom is -0.453 e. The maximum absolute atomic E-state index is 16.0. The Morgan fingerprint density at radius 3 is 2.73 bits per heavy atom. The summed E-state index contributed by atoms with van der Waals surface area (Å²) in [6, 6.07) is 8.15. The number of likely N-dealkylation sites (tertiary alicyclic amines) is 1. The SMILES string of the molecule is C=NCCC1(n2cc(C(N)=O)c(NC(=O)OC)n2)CCN(Cc2ccc(-c3csc(C)n3)cc2)CC1F. The molecule has 1 fully saturated rings. The number of nitrogens with two attached hydrogens (primary N) is 1. The van der Waals surface area contributed by atoms with Crippen molar-refractivity contribution in [1.29, 1.82) is 0 Å². The predicted molar refractivity (Wildman–Crippen MR) is 141 cm³/mol. The van der Waals surface area contributed by atoms with Crippen LogP contribution in [0, 0.1) is 6.92 Å². The number of hydrogen-bond donors (Lipinski definition) is 2. The second-order valence-electron chi connectivity index (χ2n) is 9.02. The summed E-state index contributed by atoms with van der Waals surface area (Å²) < 4.78 is 22.0. The average Bonchev–Trinajstić information content (AvgIpc) is 3.51. The first kappa shape index (κ1) is 26.4. The lowest BCUT2D eigenvalue weighted by molar-refractivity contribution is 0.000158. The number of rotatable bonds is 9. The topological polar surface area (TPSA) is 128 Å². The van der Waals surface area contributed by atoms with Gasteiger partial charge < -0.3 is 15.5 Å². The van der Waals surface area contributed by atoms with Crippen LogP contribution in [0.25, 0.3) is 11.3 Å². The van der Waals surface area contributed by atoms with Crippen LogP contribution in [-0.4, -0.2) is 71.3 Å². The van der Waals surface area contributed by atoms with Gasteiger partial charge in [0.1, 0.15) is 11.7 Å². The molecule has 2 atom stereocenters. The molecule has 10 nitrogen and oxygen atoms in total. The van der Waals surface area contributed by atoms with Crippen LogP contribution in [0.1, 0.15) is 33.8 Å². The predicted octanol–water partition coefficient (Wildman–Crippen LogP) is 3.62. The average molecular weight is 528 g/mol. The number of carbonyl (C=O) groups excluding carboxylic acids is 2. The lowest BCUT2D eigenvalue weighted by Crippen LogP contribution is -2.55. The molecule has 2 unspecified atom stereocenters. The van der Waals surface area contributed by atoms with Gasteiger partial charge in [0.15, 0.2) is 5.82 Å². The summed E-state index contributed by atoms with van der Waals surface area (Å²) in [5.74, 6) is -0.867. The number of alkyl halides is 1. The number of halogens is 1. The molecule has 3 N–H and O–H groups in total. The van der Waals surface area contributed by atoms with Crippen LogP contribution < -0.4 is 11.1 Å². The number of carbonyl (C=O) groups is 2. The normalized spacial score (nSPS) is 19.9. The molecule has 0 saturated carbocycles. The molecule has 12 heteroatoms. The van der Waals surface area contributed by atoms with Crippen LogP contribution in [0.3, 0.4) is 0 Å². The van der Waals surface area contributed by atoms with Gasteiger partial charge in [-0.2, -0.15) is 5.10 Å². The number of anilines is 1. The Labute approximate surface area is 218 Å². The molecular formula is C25H30FN7O3S. The van der Waals surface area contributed by atoms with Gasteiger partial charge in [-0.25, -0.2) is 14.2 Å². The number of amides is 2. The van der Waals surface area contributed by atoms with E-state index in [2.05, 4.69) is 36.7 Å². The Morgan fingerprint density at radius 2 is 2.14 bits per heavy atom. The largest absolute Gasteiger partial charge is 0.453 e. The number of methoxy groups -OCH3 is 1. The van der Waals surface area contributed by atoms with Gasteiger partial charge in [-0.05, 0) is 32.0 Å².